The zero-order valence-corrected chi connectivity index (χ0v) is 29.1. The van der Waals surface area contributed by atoms with Crippen LogP contribution in [0.4, 0.5) is 0 Å². The van der Waals surface area contributed by atoms with Gasteiger partial charge in [-0.05, 0) is 67.9 Å². The Morgan fingerprint density at radius 3 is 1.73 bits per heavy atom. The molecule has 0 unspecified atom stereocenters. The highest BCUT2D eigenvalue weighted by Gasteiger charge is 2.24. The quantitative estimate of drug-likeness (QED) is 0.0577. The zero-order chi connectivity index (χ0) is 31.8. The molecule has 1 aliphatic rings. The molecule has 0 amide bonds. The Kier molecular flexibility index (Phi) is 19.2. The maximum Gasteiger partial charge on any atom is 0.207 e. The number of hydrogen-bond acceptors (Lipinski definition) is 0. The van der Waals surface area contributed by atoms with Crippen LogP contribution in [0.15, 0.2) is 72.8 Å². The van der Waals surface area contributed by atoms with Gasteiger partial charge in [0.2, 0.25) is 11.4 Å². The van der Waals surface area contributed by atoms with E-state index >= 15 is 0 Å². The van der Waals surface area contributed by atoms with E-state index in [1.807, 2.05) is 6.08 Å². The van der Waals surface area contributed by atoms with Crippen LogP contribution in [-0.4, -0.2) is 4.70 Å². The standard InChI is InChI=1S/C43H64N2/c1-3-5-7-8-9-10-11-12-13-14-15-16-17-18-19-20-21-22-23-24-25-31-39-32-26-27-34-41(39)43-36-35-42(45(43)44)40-33-28-30-38(37-40)29-6-4-2/h23-24,26-28,30,32-37H,3-22,25,29,31H2,1-2H3. The molecule has 0 saturated carbocycles. The first kappa shape index (κ1) is 36.7. The van der Waals surface area contributed by atoms with Gasteiger partial charge in [-0.1, -0.05) is 165 Å². The molecular formula is C43H64N2. The van der Waals surface area contributed by atoms with E-state index in [9.17, 15) is 5.53 Å². The van der Waals surface area contributed by atoms with Crippen molar-refractivity contribution < 1.29 is 4.70 Å². The maximum atomic E-state index is 11.2. The fourth-order valence-corrected chi connectivity index (χ4v) is 6.57. The van der Waals surface area contributed by atoms with Gasteiger partial charge in [-0.25, -0.2) is 4.70 Å². The van der Waals surface area contributed by atoms with E-state index in [0.717, 1.165) is 41.8 Å². The fourth-order valence-electron chi connectivity index (χ4n) is 6.57. The van der Waals surface area contributed by atoms with Crippen LogP contribution in [0.25, 0.3) is 16.9 Å². The van der Waals surface area contributed by atoms with Crippen LogP contribution < -0.4 is 0 Å². The Labute approximate surface area is 277 Å². The van der Waals surface area contributed by atoms with Crippen LogP contribution in [0.3, 0.4) is 0 Å². The smallest absolute Gasteiger partial charge is 0.207 e. The Morgan fingerprint density at radius 2 is 1.09 bits per heavy atom. The van der Waals surface area contributed by atoms with Crippen molar-refractivity contribution in [1.29, 1.82) is 0 Å². The first-order chi connectivity index (χ1) is 22.2. The van der Waals surface area contributed by atoms with Crippen LogP contribution >= 0.6 is 0 Å². The van der Waals surface area contributed by atoms with Gasteiger partial charge in [-0.15, -0.1) is 0 Å². The lowest BCUT2D eigenvalue weighted by atomic mass is 10.00. The summed E-state index contributed by atoms with van der Waals surface area (Å²) in [7, 11) is 0. The van der Waals surface area contributed by atoms with Gasteiger partial charge in [0, 0.05) is 23.3 Å². The summed E-state index contributed by atoms with van der Waals surface area (Å²) in [6, 6.07) is 17.1. The summed E-state index contributed by atoms with van der Waals surface area (Å²) in [4.78, 5) is 0. The molecular weight excluding hydrogens is 544 g/mol. The molecule has 0 fully saturated rings. The molecule has 0 atom stereocenters. The molecule has 45 heavy (non-hydrogen) atoms. The Balaban J connectivity index is 1.23. The van der Waals surface area contributed by atoms with E-state index in [-0.39, 0.29) is 0 Å². The van der Waals surface area contributed by atoms with Crippen LogP contribution in [-0.2, 0) is 12.8 Å². The molecule has 0 aliphatic carbocycles. The molecule has 0 radical (unpaired) electrons. The number of benzene rings is 2. The molecule has 246 valence electrons. The van der Waals surface area contributed by atoms with E-state index in [1.165, 1.54) is 144 Å². The minimum absolute atomic E-state index is 0.854. The molecule has 0 bridgehead atoms. The topological polar surface area (TPSA) is 25.3 Å². The lowest BCUT2D eigenvalue weighted by Crippen LogP contribution is -2.04. The van der Waals surface area contributed by atoms with Gasteiger partial charge in [-0.3, -0.25) is 0 Å². The largest absolute Gasteiger partial charge is 0.493 e. The van der Waals surface area contributed by atoms with Crippen molar-refractivity contribution in [2.75, 3.05) is 0 Å². The third-order valence-electron chi connectivity index (χ3n) is 9.41. The van der Waals surface area contributed by atoms with Gasteiger partial charge < -0.3 is 5.53 Å². The van der Waals surface area contributed by atoms with Crippen molar-refractivity contribution in [1.82, 2.24) is 0 Å². The van der Waals surface area contributed by atoms with Crippen molar-refractivity contribution in [2.24, 2.45) is 0 Å². The molecule has 0 aromatic heterocycles. The van der Waals surface area contributed by atoms with Gasteiger partial charge in [0.05, 0.1) is 0 Å². The molecule has 2 aromatic rings. The second kappa shape index (κ2) is 23.6. The average molecular weight is 609 g/mol. The number of hydrogen-bond donors (Lipinski definition) is 0. The van der Waals surface area contributed by atoms with Gasteiger partial charge in [0.1, 0.15) is 0 Å². The van der Waals surface area contributed by atoms with Crippen LogP contribution in [0.5, 0.6) is 0 Å². The fraction of sp³-hybridized carbons (Fsp3) is 0.581. The van der Waals surface area contributed by atoms with E-state index in [1.54, 1.807) is 0 Å². The van der Waals surface area contributed by atoms with Gasteiger partial charge >= 0.3 is 0 Å². The third kappa shape index (κ3) is 14.5. The molecule has 2 aromatic carbocycles. The first-order valence-electron chi connectivity index (χ1n) is 19.0. The minimum Gasteiger partial charge on any atom is -0.493 e. The number of aryl methyl sites for hydroxylation is 2. The van der Waals surface area contributed by atoms with E-state index < -0.39 is 0 Å². The highest BCUT2D eigenvalue weighted by molar-refractivity contribution is 5.76. The summed E-state index contributed by atoms with van der Waals surface area (Å²) in [6.45, 7) is 4.52. The third-order valence-corrected chi connectivity index (χ3v) is 9.41. The highest BCUT2D eigenvalue weighted by atomic mass is 15.2. The molecule has 2 nitrogen and oxygen atoms in total. The summed E-state index contributed by atoms with van der Waals surface area (Å²) in [5.41, 5.74) is 17.7. The first-order valence-corrected chi connectivity index (χ1v) is 19.0. The lowest BCUT2D eigenvalue weighted by Gasteiger charge is -2.12. The molecule has 0 spiro atoms. The second-order valence-electron chi connectivity index (χ2n) is 13.3. The number of nitrogens with zero attached hydrogens (tertiary/aromatic N) is 2. The van der Waals surface area contributed by atoms with Crippen molar-refractivity contribution in [3.63, 3.8) is 0 Å². The Morgan fingerprint density at radius 1 is 0.533 bits per heavy atom. The Bertz CT molecular complexity index is 1180. The zero-order valence-electron chi connectivity index (χ0n) is 29.1. The minimum atomic E-state index is 0.854. The molecule has 1 heterocycles. The predicted molar refractivity (Wildman–Crippen MR) is 197 cm³/mol. The summed E-state index contributed by atoms with van der Waals surface area (Å²) < 4.78 is 1.38. The molecule has 1 aliphatic heterocycles. The molecule has 2 heteroatoms. The van der Waals surface area contributed by atoms with Gasteiger partial charge in [0.25, 0.3) is 0 Å². The van der Waals surface area contributed by atoms with Crippen LogP contribution in [0.2, 0.25) is 0 Å². The molecule has 0 saturated heterocycles. The summed E-state index contributed by atoms with van der Waals surface area (Å²) >= 11 is 0. The van der Waals surface area contributed by atoms with Gasteiger partial charge in [-0.2, -0.15) is 0 Å². The van der Waals surface area contributed by atoms with Gasteiger partial charge in [0.15, 0.2) is 0 Å². The molecule has 3 rings (SSSR count). The summed E-state index contributed by atoms with van der Waals surface area (Å²) in [5.74, 6) is 0. The van der Waals surface area contributed by atoms with Crippen molar-refractivity contribution in [2.45, 2.75) is 162 Å². The lowest BCUT2D eigenvalue weighted by molar-refractivity contribution is -0.344. The SMILES string of the molecule is CCCCCCCCCCCCCCCCCCCC=CCCc1ccccc1C1=CC=C(c2cccc(CCCC)c2)[N+]1=[N-]. The van der Waals surface area contributed by atoms with Crippen LogP contribution in [0.1, 0.15) is 171 Å². The predicted octanol–water partition coefficient (Wildman–Crippen LogP) is 14.0. The number of rotatable bonds is 26. The summed E-state index contributed by atoms with van der Waals surface area (Å²) in [6.07, 6.45) is 39.7. The van der Waals surface area contributed by atoms with Crippen molar-refractivity contribution in [3.8, 4) is 0 Å². The normalized spacial score (nSPS) is 13.2. The molecule has 0 N–H and O–H groups in total. The van der Waals surface area contributed by atoms with Crippen LogP contribution in [0, 0.1) is 0 Å². The van der Waals surface area contributed by atoms with Crippen molar-refractivity contribution >= 4 is 11.4 Å². The van der Waals surface area contributed by atoms with E-state index in [4.69, 9.17) is 0 Å². The maximum absolute atomic E-state index is 11.2. The second-order valence-corrected chi connectivity index (χ2v) is 13.3. The summed E-state index contributed by atoms with van der Waals surface area (Å²) in [5, 5.41) is 0. The van der Waals surface area contributed by atoms with Crippen molar-refractivity contribution in [3.05, 3.63) is 101 Å². The average Bonchev–Trinajstić information content (AvgIpc) is 3.45. The monoisotopic (exact) mass is 609 g/mol. The van der Waals surface area contributed by atoms with E-state index in [0.29, 0.717) is 0 Å². The Hall–Kier alpha value is -2.74. The highest BCUT2D eigenvalue weighted by Crippen LogP contribution is 2.33. The number of unbranched alkanes of at least 4 members (excludes halogenated alkanes) is 18. The number of allylic oxidation sites excluding steroid dienone is 4. The van der Waals surface area contributed by atoms with E-state index in [2.05, 4.69) is 80.6 Å².